The van der Waals surface area contributed by atoms with Crippen LogP contribution < -0.4 is 0 Å². The van der Waals surface area contributed by atoms with Gasteiger partial charge in [-0.2, -0.15) is 5.26 Å². The van der Waals surface area contributed by atoms with E-state index in [0.29, 0.717) is 5.56 Å². The van der Waals surface area contributed by atoms with Crippen molar-refractivity contribution in [2.24, 2.45) is 5.92 Å². The Balaban J connectivity index is 2.23. The maximum atomic E-state index is 10.5. The summed E-state index contributed by atoms with van der Waals surface area (Å²) in [5.74, 6) is -0.0583. The Morgan fingerprint density at radius 3 is 2.67 bits per heavy atom. The van der Waals surface area contributed by atoms with Crippen molar-refractivity contribution in [3.63, 3.8) is 0 Å². The van der Waals surface area contributed by atoms with Crippen LogP contribution >= 0.6 is 11.8 Å². The highest BCUT2D eigenvalue weighted by molar-refractivity contribution is 8.02. The maximum Gasteiger partial charge on any atom is 0.150 e. The summed E-state index contributed by atoms with van der Waals surface area (Å²) in [7, 11) is 0. The summed E-state index contributed by atoms with van der Waals surface area (Å²) < 4.78 is 0. The molecule has 1 aromatic carbocycles. The second-order valence-electron chi connectivity index (χ2n) is 3.32. The fourth-order valence-corrected chi connectivity index (χ4v) is 2.63. The number of carbonyl (C=O) groups is 1. The van der Waals surface area contributed by atoms with Gasteiger partial charge in [0, 0.05) is 5.56 Å². The molecule has 2 rings (SSSR count). The van der Waals surface area contributed by atoms with E-state index in [1.165, 1.54) is 0 Å². The topological polar surface area (TPSA) is 40.9 Å². The first kappa shape index (κ1) is 10.0. The van der Waals surface area contributed by atoms with Gasteiger partial charge >= 0.3 is 0 Å². The van der Waals surface area contributed by atoms with E-state index < -0.39 is 0 Å². The molecule has 0 saturated heterocycles. The van der Waals surface area contributed by atoms with Gasteiger partial charge in [-0.25, -0.2) is 0 Å². The molecule has 2 nitrogen and oxygen atoms in total. The van der Waals surface area contributed by atoms with E-state index in [1.54, 1.807) is 23.9 Å². The molecule has 1 heterocycles. The lowest BCUT2D eigenvalue weighted by Crippen LogP contribution is -2.01. The summed E-state index contributed by atoms with van der Waals surface area (Å²) in [4.78, 5) is 10.5. The standard InChI is InChI=1S/C12H9NOS/c13-7-11-5-6-15-12(11)10-3-1-9(8-14)2-4-10/h1-6,8,11-12H. The molecule has 0 radical (unpaired) electrons. The number of carbonyl (C=O) groups excluding carboxylic acids is 1. The normalized spacial score (nSPS) is 23.7. The van der Waals surface area contributed by atoms with E-state index >= 15 is 0 Å². The zero-order valence-electron chi connectivity index (χ0n) is 7.96. The smallest absolute Gasteiger partial charge is 0.150 e. The number of nitrogens with zero attached hydrogens (tertiary/aromatic N) is 1. The summed E-state index contributed by atoms with van der Waals surface area (Å²) >= 11 is 1.65. The van der Waals surface area contributed by atoms with Gasteiger partial charge in [0.2, 0.25) is 0 Å². The lowest BCUT2D eigenvalue weighted by atomic mass is 9.99. The van der Waals surface area contributed by atoms with Crippen LogP contribution in [0.25, 0.3) is 0 Å². The second-order valence-corrected chi connectivity index (χ2v) is 4.38. The van der Waals surface area contributed by atoms with Crippen molar-refractivity contribution in [1.82, 2.24) is 0 Å². The van der Waals surface area contributed by atoms with E-state index in [0.717, 1.165) is 11.8 Å². The Bertz CT molecular complexity index is 430. The average Bonchev–Trinajstić information content (AvgIpc) is 2.77. The van der Waals surface area contributed by atoms with Crippen LogP contribution in [0.5, 0.6) is 0 Å². The van der Waals surface area contributed by atoms with E-state index in [9.17, 15) is 4.79 Å². The van der Waals surface area contributed by atoms with Gasteiger partial charge in [0.05, 0.1) is 17.2 Å². The molecular formula is C12H9NOS. The Hall–Kier alpha value is -1.53. The van der Waals surface area contributed by atoms with Crippen molar-refractivity contribution in [2.45, 2.75) is 5.25 Å². The number of hydrogen-bond donors (Lipinski definition) is 0. The predicted octanol–water partition coefficient (Wildman–Crippen LogP) is 2.94. The summed E-state index contributed by atoms with van der Waals surface area (Å²) in [5.41, 5.74) is 1.77. The van der Waals surface area contributed by atoms with E-state index in [1.807, 2.05) is 23.6 Å². The number of rotatable bonds is 2. The first-order valence-electron chi connectivity index (χ1n) is 4.62. The Morgan fingerprint density at radius 2 is 2.07 bits per heavy atom. The average molecular weight is 215 g/mol. The molecule has 1 aromatic rings. The highest BCUT2D eigenvalue weighted by Crippen LogP contribution is 2.42. The van der Waals surface area contributed by atoms with E-state index in [2.05, 4.69) is 6.07 Å². The predicted molar refractivity (Wildman–Crippen MR) is 60.4 cm³/mol. The van der Waals surface area contributed by atoms with Crippen molar-refractivity contribution in [3.8, 4) is 6.07 Å². The first-order valence-corrected chi connectivity index (χ1v) is 5.56. The molecule has 0 bridgehead atoms. The molecule has 0 spiro atoms. The third-order valence-electron chi connectivity index (χ3n) is 2.39. The van der Waals surface area contributed by atoms with Gasteiger partial charge in [0.15, 0.2) is 0 Å². The van der Waals surface area contributed by atoms with Crippen LogP contribution in [0.2, 0.25) is 0 Å². The van der Waals surface area contributed by atoms with Crippen LogP contribution in [0.4, 0.5) is 0 Å². The number of benzene rings is 1. The zero-order chi connectivity index (χ0) is 10.7. The molecule has 0 fully saturated rings. The Labute approximate surface area is 92.6 Å². The molecule has 0 N–H and O–H groups in total. The quantitative estimate of drug-likeness (QED) is 0.712. The SMILES string of the molecule is N#CC1C=CSC1c1ccc(C=O)cc1. The van der Waals surface area contributed by atoms with Crippen LogP contribution in [0, 0.1) is 17.2 Å². The Kier molecular flexibility index (Phi) is 2.89. The molecule has 2 unspecified atom stereocenters. The number of thioether (sulfide) groups is 1. The van der Waals surface area contributed by atoms with Crippen LogP contribution in [0.15, 0.2) is 35.7 Å². The molecule has 2 atom stereocenters. The number of allylic oxidation sites excluding steroid dienone is 1. The molecule has 0 saturated carbocycles. The molecule has 0 aliphatic carbocycles. The molecule has 15 heavy (non-hydrogen) atoms. The fourth-order valence-electron chi connectivity index (χ4n) is 1.56. The molecule has 1 aliphatic rings. The van der Waals surface area contributed by atoms with Crippen molar-refractivity contribution >= 4 is 18.0 Å². The van der Waals surface area contributed by atoms with Gasteiger partial charge in [-0.1, -0.05) is 30.3 Å². The summed E-state index contributed by atoms with van der Waals surface area (Å²) in [5, 5.41) is 11.1. The highest BCUT2D eigenvalue weighted by Gasteiger charge is 2.24. The third kappa shape index (κ3) is 1.95. The van der Waals surface area contributed by atoms with Crippen molar-refractivity contribution < 1.29 is 4.79 Å². The molecule has 1 aliphatic heterocycles. The van der Waals surface area contributed by atoms with Crippen molar-refractivity contribution in [3.05, 3.63) is 46.9 Å². The number of hydrogen-bond acceptors (Lipinski definition) is 3. The summed E-state index contributed by atoms with van der Waals surface area (Å²) in [6.45, 7) is 0. The summed E-state index contributed by atoms with van der Waals surface area (Å²) in [6, 6.07) is 9.67. The molecule has 0 aromatic heterocycles. The van der Waals surface area contributed by atoms with Gasteiger partial charge in [-0.05, 0) is 11.0 Å². The fraction of sp³-hybridized carbons (Fsp3) is 0.167. The van der Waals surface area contributed by atoms with Crippen LogP contribution in [0.1, 0.15) is 21.2 Å². The van der Waals surface area contributed by atoms with E-state index in [-0.39, 0.29) is 11.2 Å². The minimum absolute atomic E-state index is 0.0583. The number of nitriles is 1. The van der Waals surface area contributed by atoms with Crippen LogP contribution in [-0.2, 0) is 0 Å². The van der Waals surface area contributed by atoms with Gasteiger partial charge in [0.1, 0.15) is 6.29 Å². The molecular weight excluding hydrogens is 206 g/mol. The van der Waals surface area contributed by atoms with Gasteiger partial charge in [-0.3, -0.25) is 4.79 Å². The minimum Gasteiger partial charge on any atom is -0.298 e. The maximum absolute atomic E-state index is 10.5. The highest BCUT2D eigenvalue weighted by atomic mass is 32.2. The van der Waals surface area contributed by atoms with Gasteiger partial charge < -0.3 is 0 Å². The van der Waals surface area contributed by atoms with Gasteiger partial charge in [-0.15, -0.1) is 11.8 Å². The van der Waals surface area contributed by atoms with E-state index in [4.69, 9.17) is 5.26 Å². The van der Waals surface area contributed by atoms with Gasteiger partial charge in [0.25, 0.3) is 0 Å². The Morgan fingerprint density at radius 1 is 1.33 bits per heavy atom. The first-order chi connectivity index (χ1) is 7.35. The lowest BCUT2D eigenvalue weighted by molar-refractivity contribution is 0.112. The van der Waals surface area contributed by atoms with Crippen molar-refractivity contribution in [2.75, 3.05) is 0 Å². The largest absolute Gasteiger partial charge is 0.298 e. The second kappa shape index (κ2) is 4.33. The minimum atomic E-state index is -0.0583. The summed E-state index contributed by atoms with van der Waals surface area (Å²) in [6.07, 6.45) is 2.74. The molecule has 74 valence electrons. The lowest BCUT2D eigenvalue weighted by Gasteiger charge is -2.12. The molecule has 0 amide bonds. The van der Waals surface area contributed by atoms with Crippen LogP contribution in [0.3, 0.4) is 0 Å². The van der Waals surface area contributed by atoms with Crippen molar-refractivity contribution in [1.29, 1.82) is 5.26 Å². The monoisotopic (exact) mass is 215 g/mol. The molecule has 3 heteroatoms. The zero-order valence-corrected chi connectivity index (χ0v) is 8.78. The number of aldehydes is 1. The van der Waals surface area contributed by atoms with Crippen LogP contribution in [-0.4, -0.2) is 6.29 Å². The third-order valence-corrected chi connectivity index (χ3v) is 3.56.